The largest absolute Gasteiger partial charge is 0.328 e. The second kappa shape index (κ2) is 5.23. The molecule has 0 radical (unpaired) electrons. The third-order valence-corrected chi connectivity index (χ3v) is 4.94. The zero-order valence-electron chi connectivity index (χ0n) is 9.36. The third-order valence-electron chi connectivity index (χ3n) is 3.14. The van der Waals surface area contributed by atoms with E-state index in [2.05, 4.69) is 0 Å². The molecule has 1 aliphatic rings. The first kappa shape index (κ1) is 12.6. The lowest BCUT2D eigenvalue weighted by molar-refractivity contribution is 0.444. The minimum absolute atomic E-state index is 0.0136. The SMILES string of the molecule is NC1CCC(S(=O)c2ccc(F)c(F)c2)CC1. The van der Waals surface area contributed by atoms with E-state index >= 15 is 0 Å². The molecule has 1 unspecified atom stereocenters. The van der Waals surface area contributed by atoms with E-state index in [0.717, 1.165) is 37.8 Å². The van der Waals surface area contributed by atoms with Gasteiger partial charge in [-0.2, -0.15) is 0 Å². The van der Waals surface area contributed by atoms with Crippen molar-refractivity contribution in [1.29, 1.82) is 0 Å². The fourth-order valence-corrected chi connectivity index (χ4v) is 3.60. The van der Waals surface area contributed by atoms with Crippen LogP contribution in [0.15, 0.2) is 23.1 Å². The van der Waals surface area contributed by atoms with Gasteiger partial charge in [0.1, 0.15) is 0 Å². The minimum Gasteiger partial charge on any atom is -0.328 e. The quantitative estimate of drug-likeness (QED) is 0.886. The molecule has 5 heteroatoms. The molecule has 0 spiro atoms. The highest BCUT2D eigenvalue weighted by Crippen LogP contribution is 2.26. The van der Waals surface area contributed by atoms with Crippen molar-refractivity contribution >= 4 is 10.8 Å². The summed E-state index contributed by atoms with van der Waals surface area (Å²) in [7, 11) is -1.27. The number of nitrogens with two attached hydrogens (primary N) is 1. The summed E-state index contributed by atoms with van der Waals surface area (Å²) < 4.78 is 38.0. The number of hydrogen-bond donors (Lipinski definition) is 1. The lowest BCUT2D eigenvalue weighted by atomic mass is 9.96. The van der Waals surface area contributed by atoms with Crippen LogP contribution < -0.4 is 5.73 Å². The van der Waals surface area contributed by atoms with Crippen molar-refractivity contribution in [2.24, 2.45) is 5.73 Å². The van der Waals surface area contributed by atoms with Gasteiger partial charge in [0.15, 0.2) is 11.6 Å². The first-order valence-corrected chi connectivity index (χ1v) is 6.90. The molecule has 0 amide bonds. The van der Waals surface area contributed by atoms with E-state index in [1.807, 2.05) is 0 Å². The highest BCUT2D eigenvalue weighted by Gasteiger charge is 2.24. The van der Waals surface area contributed by atoms with Crippen LogP contribution in [0.4, 0.5) is 8.78 Å². The van der Waals surface area contributed by atoms with Crippen LogP contribution in [0.3, 0.4) is 0 Å². The number of benzene rings is 1. The Morgan fingerprint density at radius 2 is 1.76 bits per heavy atom. The lowest BCUT2D eigenvalue weighted by Crippen LogP contribution is -2.31. The zero-order valence-corrected chi connectivity index (χ0v) is 10.2. The molecule has 1 aromatic rings. The highest BCUT2D eigenvalue weighted by molar-refractivity contribution is 7.85. The lowest BCUT2D eigenvalue weighted by Gasteiger charge is -2.25. The number of rotatable bonds is 2. The molecule has 1 fully saturated rings. The Balaban J connectivity index is 2.11. The van der Waals surface area contributed by atoms with Crippen LogP contribution in [0.1, 0.15) is 25.7 Å². The Morgan fingerprint density at radius 1 is 1.12 bits per heavy atom. The van der Waals surface area contributed by atoms with E-state index in [-0.39, 0.29) is 11.3 Å². The average Bonchev–Trinajstić information content (AvgIpc) is 2.33. The first-order valence-electron chi connectivity index (χ1n) is 5.69. The molecule has 94 valence electrons. The van der Waals surface area contributed by atoms with Gasteiger partial charge in [0, 0.05) is 16.2 Å². The Labute approximate surface area is 102 Å². The van der Waals surface area contributed by atoms with E-state index in [1.165, 1.54) is 6.07 Å². The van der Waals surface area contributed by atoms with Gasteiger partial charge in [-0.1, -0.05) is 0 Å². The monoisotopic (exact) mass is 259 g/mol. The van der Waals surface area contributed by atoms with E-state index in [9.17, 15) is 13.0 Å². The van der Waals surface area contributed by atoms with Gasteiger partial charge in [-0.05, 0) is 43.9 Å². The summed E-state index contributed by atoms with van der Waals surface area (Å²) in [4.78, 5) is 0.365. The predicted molar refractivity (Wildman–Crippen MR) is 63.0 cm³/mol. The Bertz CT molecular complexity index is 431. The predicted octanol–water partition coefficient (Wildman–Crippen LogP) is 2.34. The van der Waals surface area contributed by atoms with Crippen LogP contribution in [0.5, 0.6) is 0 Å². The van der Waals surface area contributed by atoms with Gasteiger partial charge in [0.2, 0.25) is 0 Å². The molecule has 1 saturated carbocycles. The van der Waals surface area contributed by atoms with Crippen LogP contribution in [0.2, 0.25) is 0 Å². The molecule has 2 nitrogen and oxygen atoms in total. The molecule has 0 saturated heterocycles. The van der Waals surface area contributed by atoms with Gasteiger partial charge in [-0.3, -0.25) is 4.21 Å². The van der Waals surface area contributed by atoms with Gasteiger partial charge in [0.05, 0.1) is 10.8 Å². The summed E-state index contributed by atoms with van der Waals surface area (Å²) in [5.41, 5.74) is 5.77. The Morgan fingerprint density at radius 3 is 2.35 bits per heavy atom. The summed E-state index contributed by atoms with van der Waals surface area (Å²) in [6, 6.07) is 3.63. The maximum Gasteiger partial charge on any atom is 0.160 e. The molecular weight excluding hydrogens is 244 g/mol. The van der Waals surface area contributed by atoms with Crippen molar-refractivity contribution in [3.05, 3.63) is 29.8 Å². The number of halogens is 2. The molecule has 0 heterocycles. The molecule has 2 N–H and O–H groups in total. The third kappa shape index (κ3) is 2.90. The summed E-state index contributed by atoms with van der Waals surface area (Å²) in [5.74, 6) is -1.85. The molecule has 1 atom stereocenters. The number of hydrogen-bond acceptors (Lipinski definition) is 2. The Kier molecular flexibility index (Phi) is 3.89. The minimum atomic E-state index is -1.27. The second-order valence-corrected chi connectivity index (χ2v) is 6.14. The first-order chi connectivity index (χ1) is 8.08. The van der Waals surface area contributed by atoms with Crippen LogP contribution in [-0.4, -0.2) is 15.5 Å². The van der Waals surface area contributed by atoms with Crippen LogP contribution in [0.25, 0.3) is 0 Å². The molecular formula is C12H15F2NOS. The van der Waals surface area contributed by atoms with Crippen molar-refractivity contribution in [3.63, 3.8) is 0 Å². The molecule has 17 heavy (non-hydrogen) atoms. The zero-order chi connectivity index (χ0) is 12.4. The summed E-state index contributed by atoms with van der Waals surface area (Å²) >= 11 is 0. The Hall–Kier alpha value is -0.810. The van der Waals surface area contributed by atoms with E-state index in [1.54, 1.807) is 0 Å². The van der Waals surface area contributed by atoms with Gasteiger partial charge < -0.3 is 5.73 Å². The standard InChI is InChI=1S/C12H15F2NOS/c13-11-6-5-10(7-12(11)14)17(16)9-3-1-8(15)2-4-9/h5-9H,1-4,15H2. The van der Waals surface area contributed by atoms with Gasteiger partial charge in [-0.15, -0.1) is 0 Å². The maximum absolute atomic E-state index is 13.0. The second-order valence-electron chi connectivity index (χ2n) is 4.41. The van der Waals surface area contributed by atoms with E-state index in [0.29, 0.717) is 4.90 Å². The fourth-order valence-electron chi connectivity index (χ4n) is 2.10. The smallest absolute Gasteiger partial charge is 0.160 e. The molecule has 1 aromatic carbocycles. The van der Waals surface area contributed by atoms with Gasteiger partial charge in [0.25, 0.3) is 0 Å². The molecule has 1 aliphatic carbocycles. The maximum atomic E-state index is 13.0. The van der Waals surface area contributed by atoms with Crippen molar-refractivity contribution in [3.8, 4) is 0 Å². The van der Waals surface area contributed by atoms with Crippen LogP contribution >= 0.6 is 0 Å². The fraction of sp³-hybridized carbons (Fsp3) is 0.500. The van der Waals surface area contributed by atoms with E-state index < -0.39 is 22.4 Å². The molecule has 2 rings (SSSR count). The van der Waals surface area contributed by atoms with Crippen molar-refractivity contribution < 1.29 is 13.0 Å². The topological polar surface area (TPSA) is 43.1 Å². The van der Waals surface area contributed by atoms with Crippen molar-refractivity contribution in [2.75, 3.05) is 0 Å². The normalized spacial score (nSPS) is 26.8. The molecule has 0 aliphatic heterocycles. The van der Waals surface area contributed by atoms with Crippen molar-refractivity contribution in [2.45, 2.75) is 41.9 Å². The summed E-state index contributed by atoms with van der Waals surface area (Å²) in [5, 5.41) is 0.0136. The van der Waals surface area contributed by atoms with Crippen LogP contribution in [-0.2, 0) is 10.8 Å². The highest BCUT2D eigenvalue weighted by atomic mass is 32.2. The molecule has 0 aromatic heterocycles. The average molecular weight is 259 g/mol. The van der Waals surface area contributed by atoms with Gasteiger partial charge >= 0.3 is 0 Å². The summed E-state index contributed by atoms with van der Waals surface area (Å²) in [6.45, 7) is 0. The molecule has 0 bridgehead atoms. The van der Waals surface area contributed by atoms with Crippen LogP contribution in [0, 0.1) is 11.6 Å². The van der Waals surface area contributed by atoms with E-state index in [4.69, 9.17) is 5.73 Å². The van der Waals surface area contributed by atoms with Crippen molar-refractivity contribution in [1.82, 2.24) is 0 Å². The van der Waals surface area contributed by atoms with Gasteiger partial charge in [-0.25, -0.2) is 8.78 Å². The summed E-state index contributed by atoms with van der Waals surface area (Å²) in [6.07, 6.45) is 3.26.